The van der Waals surface area contributed by atoms with Crippen LogP contribution < -0.4 is 0 Å². The largest absolute Gasteiger partial charge is 0.372 e. The number of halogens is 1. The molecule has 2 heterocycles. The Morgan fingerprint density at radius 3 is 2.89 bits per heavy atom. The van der Waals surface area contributed by atoms with Gasteiger partial charge in [0.25, 0.3) is 0 Å². The van der Waals surface area contributed by atoms with Gasteiger partial charge in [0.05, 0.1) is 13.2 Å². The predicted molar refractivity (Wildman–Crippen MR) is 74.9 cm³/mol. The second-order valence-electron chi connectivity index (χ2n) is 4.59. The number of fused-ring (bicyclic) bond motifs is 1. The zero-order valence-corrected chi connectivity index (χ0v) is 11.8. The van der Waals surface area contributed by atoms with E-state index in [-0.39, 0.29) is 5.78 Å². The Bertz CT molecular complexity index is 640. The molecule has 0 bridgehead atoms. The summed E-state index contributed by atoms with van der Waals surface area (Å²) in [5.74, 6) is 0.106. The van der Waals surface area contributed by atoms with Gasteiger partial charge in [-0.15, -0.1) is 0 Å². The highest BCUT2D eigenvalue weighted by Gasteiger charge is 2.14. The first-order valence-corrected chi connectivity index (χ1v) is 6.84. The molecule has 19 heavy (non-hydrogen) atoms. The lowest BCUT2D eigenvalue weighted by Gasteiger charge is -2.04. The molecule has 1 aromatic carbocycles. The van der Waals surface area contributed by atoms with E-state index in [1.807, 2.05) is 24.3 Å². The average molecular weight is 318 g/mol. The maximum atomic E-state index is 12.2. The molecule has 1 aliphatic heterocycles. The summed E-state index contributed by atoms with van der Waals surface area (Å²) in [6, 6.07) is 7.72. The molecule has 0 saturated carbocycles. The molecule has 0 spiro atoms. The molecule has 2 aromatic rings. The number of ether oxygens (including phenoxy) is 1. The number of hydrogen-bond donors (Lipinski definition) is 0. The van der Waals surface area contributed by atoms with Crippen LogP contribution in [0, 0.1) is 0 Å². The number of rotatable bonds is 3. The Balaban J connectivity index is 1.81. The minimum Gasteiger partial charge on any atom is -0.372 e. The quantitative estimate of drug-likeness (QED) is 0.815. The third-order valence-corrected chi connectivity index (χ3v) is 3.60. The van der Waals surface area contributed by atoms with Crippen LogP contribution in [0.25, 0.3) is 0 Å². The summed E-state index contributed by atoms with van der Waals surface area (Å²) in [6.45, 7) is 1.26. The van der Waals surface area contributed by atoms with Crippen LogP contribution in [0.4, 0.5) is 0 Å². The van der Waals surface area contributed by atoms with Gasteiger partial charge in [-0.25, -0.2) is 0 Å². The van der Waals surface area contributed by atoms with Gasteiger partial charge in [-0.3, -0.25) is 9.78 Å². The molecule has 0 amide bonds. The molecule has 0 unspecified atom stereocenters. The van der Waals surface area contributed by atoms with Crippen molar-refractivity contribution in [3.05, 3.63) is 63.4 Å². The first-order chi connectivity index (χ1) is 9.22. The van der Waals surface area contributed by atoms with Crippen LogP contribution in [0.5, 0.6) is 0 Å². The van der Waals surface area contributed by atoms with Crippen molar-refractivity contribution in [1.29, 1.82) is 0 Å². The van der Waals surface area contributed by atoms with E-state index in [0.29, 0.717) is 19.6 Å². The zero-order valence-electron chi connectivity index (χ0n) is 10.2. The van der Waals surface area contributed by atoms with Gasteiger partial charge in [0.15, 0.2) is 5.78 Å². The number of Topliss-reactive ketones (excluding diaryl/α,β-unsaturated/α-hetero) is 1. The second-order valence-corrected chi connectivity index (χ2v) is 5.50. The molecular weight excluding hydrogens is 306 g/mol. The van der Waals surface area contributed by atoms with Gasteiger partial charge in [-0.2, -0.15) is 0 Å². The van der Waals surface area contributed by atoms with Gasteiger partial charge in [-0.1, -0.05) is 12.1 Å². The van der Waals surface area contributed by atoms with Crippen LogP contribution >= 0.6 is 15.9 Å². The molecule has 4 heteroatoms. The van der Waals surface area contributed by atoms with Crippen molar-refractivity contribution in [2.75, 3.05) is 0 Å². The number of carbonyl (C=O) groups excluding carboxylic acids is 1. The molecule has 0 N–H and O–H groups in total. The SMILES string of the molecule is O=C(Cc1cncc(Br)c1)c1ccc2c(c1)COC2. The van der Waals surface area contributed by atoms with E-state index in [1.165, 1.54) is 5.56 Å². The van der Waals surface area contributed by atoms with E-state index in [9.17, 15) is 4.79 Å². The highest BCUT2D eigenvalue weighted by molar-refractivity contribution is 9.10. The fraction of sp³-hybridized carbons (Fsp3) is 0.200. The highest BCUT2D eigenvalue weighted by atomic mass is 79.9. The summed E-state index contributed by atoms with van der Waals surface area (Å²) in [6.07, 6.45) is 3.80. The van der Waals surface area contributed by atoms with Crippen molar-refractivity contribution >= 4 is 21.7 Å². The third kappa shape index (κ3) is 2.74. The van der Waals surface area contributed by atoms with E-state index in [2.05, 4.69) is 20.9 Å². The van der Waals surface area contributed by atoms with Gasteiger partial charge in [0, 0.05) is 28.9 Å². The van der Waals surface area contributed by atoms with Crippen LogP contribution in [-0.4, -0.2) is 10.8 Å². The van der Waals surface area contributed by atoms with E-state index < -0.39 is 0 Å². The molecule has 1 aromatic heterocycles. The van der Waals surface area contributed by atoms with Gasteiger partial charge in [0.2, 0.25) is 0 Å². The molecule has 0 aliphatic carbocycles. The fourth-order valence-corrected chi connectivity index (χ4v) is 2.60. The zero-order chi connectivity index (χ0) is 13.2. The normalized spacial score (nSPS) is 13.3. The maximum absolute atomic E-state index is 12.2. The number of benzene rings is 1. The van der Waals surface area contributed by atoms with Crippen LogP contribution in [0.15, 0.2) is 41.1 Å². The van der Waals surface area contributed by atoms with Crippen molar-refractivity contribution in [2.24, 2.45) is 0 Å². The Hall–Kier alpha value is -1.52. The molecular formula is C15H12BrNO2. The number of nitrogens with zero attached hydrogens (tertiary/aromatic N) is 1. The van der Waals surface area contributed by atoms with E-state index >= 15 is 0 Å². The summed E-state index contributed by atoms with van der Waals surface area (Å²) in [4.78, 5) is 16.3. The first kappa shape index (κ1) is 12.5. The van der Waals surface area contributed by atoms with Gasteiger partial charge >= 0.3 is 0 Å². The number of carbonyl (C=O) groups is 1. The maximum Gasteiger partial charge on any atom is 0.167 e. The predicted octanol–water partition coefficient (Wildman–Crippen LogP) is 3.30. The van der Waals surface area contributed by atoms with Crippen molar-refractivity contribution in [3.63, 3.8) is 0 Å². The van der Waals surface area contributed by atoms with Gasteiger partial charge in [-0.05, 0) is 44.8 Å². The summed E-state index contributed by atoms with van der Waals surface area (Å²) in [5, 5.41) is 0. The van der Waals surface area contributed by atoms with Crippen molar-refractivity contribution in [2.45, 2.75) is 19.6 Å². The first-order valence-electron chi connectivity index (χ1n) is 6.04. The topological polar surface area (TPSA) is 39.2 Å². The Morgan fingerprint density at radius 1 is 1.21 bits per heavy atom. The summed E-state index contributed by atoms with van der Waals surface area (Å²) in [5.41, 5.74) is 3.96. The van der Waals surface area contributed by atoms with Crippen molar-refractivity contribution in [3.8, 4) is 0 Å². The fourth-order valence-electron chi connectivity index (χ4n) is 2.19. The molecule has 0 fully saturated rings. The monoisotopic (exact) mass is 317 g/mol. The van der Waals surface area contributed by atoms with Gasteiger partial charge in [0.1, 0.15) is 0 Å². The van der Waals surface area contributed by atoms with E-state index in [1.54, 1.807) is 12.4 Å². The lowest BCUT2D eigenvalue weighted by Crippen LogP contribution is -2.04. The van der Waals surface area contributed by atoms with Crippen molar-refractivity contribution < 1.29 is 9.53 Å². The number of ketones is 1. The smallest absolute Gasteiger partial charge is 0.167 e. The Morgan fingerprint density at radius 2 is 2.05 bits per heavy atom. The van der Waals surface area contributed by atoms with Gasteiger partial charge < -0.3 is 4.74 Å². The van der Waals surface area contributed by atoms with Crippen molar-refractivity contribution in [1.82, 2.24) is 4.98 Å². The molecule has 0 saturated heterocycles. The summed E-state index contributed by atoms with van der Waals surface area (Å²) in [7, 11) is 0. The lowest BCUT2D eigenvalue weighted by atomic mass is 10.00. The minimum absolute atomic E-state index is 0.106. The lowest BCUT2D eigenvalue weighted by molar-refractivity contribution is 0.0992. The number of hydrogen-bond acceptors (Lipinski definition) is 3. The van der Waals surface area contributed by atoms with E-state index in [0.717, 1.165) is 21.2 Å². The third-order valence-electron chi connectivity index (χ3n) is 3.17. The standard InChI is InChI=1S/C15H12BrNO2/c16-14-3-10(6-17-7-14)4-15(18)11-1-2-12-8-19-9-13(12)5-11/h1-3,5-7H,4,8-9H2. The van der Waals surface area contributed by atoms with Crippen LogP contribution in [-0.2, 0) is 24.4 Å². The van der Waals surface area contributed by atoms with Crippen LogP contribution in [0.1, 0.15) is 27.0 Å². The highest BCUT2D eigenvalue weighted by Crippen LogP contribution is 2.21. The van der Waals surface area contributed by atoms with Crippen LogP contribution in [0.2, 0.25) is 0 Å². The van der Waals surface area contributed by atoms with E-state index in [4.69, 9.17) is 4.74 Å². The molecule has 0 atom stereocenters. The summed E-state index contributed by atoms with van der Waals surface area (Å²) < 4.78 is 6.25. The minimum atomic E-state index is 0.106. The molecule has 1 aliphatic rings. The second kappa shape index (κ2) is 5.23. The molecule has 0 radical (unpaired) electrons. The molecule has 3 nitrogen and oxygen atoms in total. The Labute approximate surface area is 119 Å². The number of pyridine rings is 1. The average Bonchev–Trinajstić information content (AvgIpc) is 2.85. The number of aromatic nitrogens is 1. The van der Waals surface area contributed by atoms with Crippen LogP contribution in [0.3, 0.4) is 0 Å². The molecule has 96 valence electrons. The summed E-state index contributed by atoms with van der Waals surface area (Å²) >= 11 is 3.36. The molecule has 3 rings (SSSR count). The Kier molecular flexibility index (Phi) is 3.44.